The van der Waals surface area contributed by atoms with Gasteiger partial charge in [0.25, 0.3) is 0 Å². The van der Waals surface area contributed by atoms with Gasteiger partial charge in [0.1, 0.15) is 28.5 Å². The highest BCUT2D eigenvalue weighted by molar-refractivity contribution is 5.97. The minimum absolute atomic E-state index is 0.359. The largest absolute Gasteiger partial charge is 0.336 e. The number of rotatable bonds is 7. The smallest absolute Gasteiger partial charge is 0.159 e. The third-order valence-electron chi connectivity index (χ3n) is 7.01. The van der Waals surface area contributed by atoms with Gasteiger partial charge >= 0.3 is 0 Å². The Morgan fingerprint density at radius 2 is 1.56 bits per heavy atom. The number of benzene rings is 3. The molecule has 0 saturated carbocycles. The van der Waals surface area contributed by atoms with Crippen molar-refractivity contribution in [1.82, 2.24) is 35.5 Å². The van der Waals surface area contributed by atoms with Gasteiger partial charge in [-0.05, 0) is 41.5 Å². The van der Waals surface area contributed by atoms with Crippen LogP contribution in [0, 0.1) is 11.6 Å². The van der Waals surface area contributed by atoms with Crippen molar-refractivity contribution in [2.45, 2.75) is 13.1 Å². The number of hydrogen-bond donors (Lipinski definition) is 3. The van der Waals surface area contributed by atoms with E-state index in [1.165, 1.54) is 17.7 Å². The van der Waals surface area contributed by atoms with E-state index >= 15 is 4.39 Å². The Hall–Kier alpha value is -5.28. The molecule has 0 unspecified atom stereocenters. The summed E-state index contributed by atoms with van der Waals surface area (Å²) in [6, 6.07) is 23.5. The topological polar surface area (TPSA) is 95.2 Å². The van der Waals surface area contributed by atoms with Crippen LogP contribution in [-0.2, 0) is 13.1 Å². The van der Waals surface area contributed by atoms with Gasteiger partial charge in [-0.15, -0.1) is 0 Å². The monoisotopic (exact) mass is 543 g/mol. The second kappa shape index (κ2) is 10.4. The fraction of sp³-hybridized carbons (Fsp3) is 0.0625. The van der Waals surface area contributed by atoms with E-state index in [1.807, 2.05) is 24.3 Å². The molecule has 7 nitrogen and oxygen atoms in total. The van der Waals surface area contributed by atoms with E-state index in [1.54, 1.807) is 48.9 Å². The van der Waals surface area contributed by atoms with E-state index in [4.69, 9.17) is 4.98 Å². The maximum atomic E-state index is 15.3. The Bertz CT molecular complexity index is 2010. The fourth-order valence-electron chi connectivity index (χ4n) is 5.02. The lowest BCUT2D eigenvalue weighted by Crippen LogP contribution is -2.12. The highest BCUT2D eigenvalue weighted by Gasteiger charge is 2.19. The summed E-state index contributed by atoms with van der Waals surface area (Å²) in [6.07, 6.45) is 5.03. The van der Waals surface area contributed by atoms with Crippen LogP contribution >= 0.6 is 0 Å². The SMILES string of the molecule is Fc1cc2[nH]nc(-c3nc4c(-c5ccccc5F)nccc4[nH]3)c2cc1-c1cncc(CNCc2ccccc2)c1. The number of imidazole rings is 1. The molecule has 3 aromatic carbocycles. The summed E-state index contributed by atoms with van der Waals surface area (Å²) >= 11 is 0. The zero-order chi connectivity index (χ0) is 27.8. The van der Waals surface area contributed by atoms with Crippen LogP contribution in [0.1, 0.15) is 11.1 Å². The molecule has 0 aliphatic heterocycles. The van der Waals surface area contributed by atoms with Crippen molar-refractivity contribution in [2.75, 3.05) is 0 Å². The lowest BCUT2D eigenvalue weighted by atomic mass is 10.0. The van der Waals surface area contributed by atoms with Crippen molar-refractivity contribution in [3.8, 4) is 33.9 Å². The molecule has 0 bridgehead atoms. The van der Waals surface area contributed by atoms with Crippen LogP contribution < -0.4 is 5.32 Å². The quantitative estimate of drug-likeness (QED) is 0.206. The minimum Gasteiger partial charge on any atom is -0.336 e. The Morgan fingerprint density at radius 1 is 0.732 bits per heavy atom. The minimum atomic E-state index is -0.389. The van der Waals surface area contributed by atoms with Crippen LogP contribution in [0.3, 0.4) is 0 Å². The molecule has 0 aliphatic rings. The number of nitrogens with one attached hydrogen (secondary N) is 3. The standard InChI is InChI=1S/C32H23F2N7/c33-25-9-5-4-8-22(25)29-31-27(10-11-37-29)38-32(39-31)30-24-13-23(26(34)14-28(24)40-41-30)21-12-20(17-36-18-21)16-35-15-19-6-2-1-3-7-19/h1-14,17-18,35H,15-16H2,(H,38,39)(H,40,41). The van der Waals surface area contributed by atoms with Crippen molar-refractivity contribution >= 4 is 21.9 Å². The van der Waals surface area contributed by atoms with Crippen molar-refractivity contribution in [1.29, 1.82) is 0 Å². The lowest BCUT2D eigenvalue weighted by molar-refractivity contribution is 0.631. The summed E-state index contributed by atoms with van der Waals surface area (Å²) in [7, 11) is 0. The molecule has 4 heterocycles. The van der Waals surface area contributed by atoms with E-state index in [0.29, 0.717) is 62.4 Å². The number of halogens is 2. The molecule has 200 valence electrons. The van der Waals surface area contributed by atoms with Crippen molar-refractivity contribution in [3.05, 3.63) is 120 Å². The summed E-state index contributed by atoms with van der Waals surface area (Å²) in [5.74, 6) is -0.306. The van der Waals surface area contributed by atoms with Crippen molar-refractivity contribution < 1.29 is 8.78 Å². The third kappa shape index (κ3) is 4.72. The normalized spacial score (nSPS) is 11.5. The van der Waals surface area contributed by atoms with Gasteiger partial charge < -0.3 is 10.3 Å². The van der Waals surface area contributed by atoms with E-state index in [0.717, 1.165) is 12.1 Å². The lowest BCUT2D eigenvalue weighted by Gasteiger charge is -2.08. The third-order valence-corrected chi connectivity index (χ3v) is 7.01. The molecule has 0 atom stereocenters. The predicted molar refractivity (Wildman–Crippen MR) is 155 cm³/mol. The first kappa shape index (κ1) is 24.7. The van der Waals surface area contributed by atoms with Gasteiger partial charge in [0, 0.05) is 59.8 Å². The summed E-state index contributed by atoms with van der Waals surface area (Å²) in [4.78, 5) is 16.8. The Labute approximate surface area is 233 Å². The summed E-state index contributed by atoms with van der Waals surface area (Å²) < 4.78 is 29.9. The molecule has 3 N–H and O–H groups in total. The molecule has 9 heteroatoms. The zero-order valence-electron chi connectivity index (χ0n) is 21.7. The maximum Gasteiger partial charge on any atom is 0.159 e. The highest BCUT2D eigenvalue weighted by atomic mass is 19.1. The molecule has 41 heavy (non-hydrogen) atoms. The molecule has 4 aromatic heterocycles. The molecule has 0 aliphatic carbocycles. The van der Waals surface area contributed by atoms with Gasteiger partial charge in [-0.2, -0.15) is 5.10 Å². The van der Waals surface area contributed by atoms with Gasteiger partial charge in [0.15, 0.2) is 5.82 Å². The molecule has 0 saturated heterocycles. The van der Waals surface area contributed by atoms with Crippen molar-refractivity contribution in [3.63, 3.8) is 0 Å². The molecule has 0 radical (unpaired) electrons. The van der Waals surface area contributed by atoms with Gasteiger partial charge in [-0.25, -0.2) is 13.8 Å². The van der Waals surface area contributed by atoms with Crippen LogP contribution in [-0.4, -0.2) is 30.1 Å². The summed E-state index contributed by atoms with van der Waals surface area (Å²) in [5, 5.41) is 11.4. The van der Waals surface area contributed by atoms with Gasteiger partial charge in [0.05, 0.1) is 11.0 Å². The Morgan fingerprint density at radius 3 is 2.44 bits per heavy atom. The predicted octanol–water partition coefficient (Wildman–Crippen LogP) is 6.80. The number of nitrogens with zero attached hydrogens (tertiary/aromatic N) is 4. The van der Waals surface area contributed by atoms with Crippen molar-refractivity contribution in [2.24, 2.45) is 0 Å². The first-order chi connectivity index (χ1) is 20.1. The first-order valence-corrected chi connectivity index (χ1v) is 13.1. The number of pyridine rings is 2. The molecule has 7 rings (SSSR count). The molecule has 0 amide bonds. The number of H-pyrrole nitrogens is 2. The Balaban J connectivity index is 1.23. The van der Waals surface area contributed by atoms with Crippen LogP contribution in [0.5, 0.6) is 0 Å². The molecule has 0 spiro atoms. The van der Waals surface area contributed by atoms with Gasteiger partial charge in [-0.3, -0.25) is 15.1 Å². The van der Waals surface area contributed by atoms with Crippen LogP contribution in [0.25, 0.3) is 55.8 Å². The van der Waals surface area contributed by atoms with Crippen LogP contribution in [0.4, 0.5) is 8.78 Å². The average molecular weight is 544 g/mol. The molecule has 0 fully saturated rings. The molecular formula is C32H23F2N7. The van der Waals surface area contributed by atoms with Crippen LogP contribution in [0.2, 0.25) is 0 Å². The molecular weight excluding hydrogens is 520 g/mol. The highest BCUT2D eigenvalue weighted by Crippen LogP contribution is 2.34. The number of fused-ring (bicyclic) bond motifs is 2. The summed E-state index contributed by atoms with van der Waals surface area (Å²) in [6.45, 7) is 1.31. The van der Waals surface area contributed by atoms with Gasteiger partial charge in [-0.1, -0.05) is 42.5 Å². The average Bonchev–Trinajstić information content (AvgIpc) is 3.61. The number of aromatic amines is 2. The van der Waals surface area contributed by atoms with Crippen LogP contribution in [0.15, 0.2) is 97.5 Å². The number of hydrogen-bond acceptors (Lipinski definition) is 5. The van der Waals surface area contributed by atoms with Gasteiger partial charge in [0.2, 0.25) is 0 Å². The second-order valence-corrected chi connectivity index (χ2v) is 9.74. The second-order valence-electron chi connectivity index (χ2n) is 9.74. The zero-order valence-corrected chi connectivity index (χ0v) is 21.7. The van der Waals surface area contributed by atoms with E-state index in [9.17, 15) is 4.39 Å². The fourth-order valence-corrected chi connectivity index (χ4v) is 5.02. The van der Waals surface area contributed by atoms with E-state index < -0.39 is 0 Å². The maximum absolute atomic E-state index is 15.3. The Kier molecular flexibility index (Phi) is 6.25. The summed E-state index contributed by atoms with van der Waals surface area (Å²) in [5.41, 5.74) is 6.23. The molecule has 7 aromatic rings. The van der Waals surface area contributed by atoms with E-state index in [2.05, 4.69) is 42.6 Å². The van der Waals surface area contributed by atoms with E-state index in [-0.39, 0.29) is 11.6 Å². The number of aromatic nitrogens is 6. The first-order valence-electron chi connectivity index (χ1n) is 13.1.